The highest BCUT2D eigenvalue weighted by Crippen LogP contribution is 2.25. The maximum absolute atomic E-state index is 12.1. The van der Waals surface area contributed by atoms with Gasteiger partial charge in [-0.05, 0) is 37.4 Å². The molecule has 1 aliphatic heterocycles. The third-order valence-electron chi connectivity index (χ3n) is 3.78. The van der Waals surface area contributed by atoms with Gasteiger partial charge in [0, 0.05) is 11.3 Å². The van der Waals surface area contributed by atoms with E-state index >= 15 is 0 Å². The highest BCUT2D eigenvalue weighted by Gasteiger charge is 2.32. The zero-order valence-corrected chi connectivity index (χ0v) is 15.6. The van der Waals surface area contributed by atoms with E-state index in [-0.39, 0.29) is 12.2 Å². The molecule has 1 amide bonds. The summed E-state index contributed by atoms with van der Waals surface area (Å²) in [6.07, 6.45) is 1.41. The lowest BCUT2D eigenvalue weighted by atomic mass is 10.1. The molecule has 25 heavy (non-hydrogen) atoms. The van der Waals surface area contributed by atoms with Crippen LogP contribution >= 0.6 is 24.0 Å². The van der Waals surface area contributed by atoms with Gasteiger partial charge in [-0.15, -0.1) is 22.0 Å². The van der Waals surface area contributed by atoms with Crippen LogP contribution in [0.15, 0.2) is 41.4 Å². The van der Waals surface area contributed by atoms with Crippen molar-refractivity contribution in [1.29, 1.82) is 0 Å². The molecule has 1 atom stereocenters. The average molecular weight is 374 g/mol. The maximum Gasteiger partial charge on any atom is 0.414 e. The number of rotatable bonds is 5. The van der Waals surface area contributed by atoms with Crippen LogP contribution in [0.4, 0.5) is 10.5 Å². The molecule has 0 radical (unpaired) electrons. The van der Waals surface area contributed by atoms with Gasteiger partial charge in [0.05, 0.1) is 23.8 Å². The van der Waals surface area contributed by atoms with E-state index in [0.29, 0.717) is 18.1 Å². The second-order valence-electron chi connectivity index (χ2n) is 5.56. The fourth-order valence-electron chi connectivity index (χ4n) is 2.49. The van der Waals surface area contributed by atoms with Gasteiger partial charge >= 0.3 is 6.09 Å². The molecule has 0 aliphatic carbocycles. The Labute approximate surface area is 156 Å². The summed E-state index contributed by atoms with van der Waals surface area (Å²) in [5.41, 5.74) is 2.54. The van der Waals surface area contributed by atoms with Crippen LogP contribution in [0.1, 0.15) is 6.92 Å². The van der Waals surface area contributed by atoms with Crippen LogP contribution in [0.25, 0.3) is 11.3 Å². The molecule has 3 rings (SSSR count). The molecule has 1 aliphatic rings. The fourth-order valence-corrected chi connectivity index (χ4v) is 2.90. The zero-order chi connectivity index (χ0) is 17.8. The molecule has 0 unspecified atom stereocenters. The lowest BCUT2D eigenvalue weighted by molar-refractivity contribution is 0.143. The van der Waals surface area contributed by atoms with E-state index < -0.39 is 0 Å². The molecular weight excluding hydrogens is 356 g/mol. The number of nitrogens with zero attached hydrogens (tertiary/aromatic N) is 3. The van der Waals surface area contributed by atoms with Crippen LogP contribution in [0.2, 0.25) is 0 Å². The molecule has 130 valence electrons. The number of hydrogen-bond acceptors (Lipinski definition) is 6. The Bertz CT molecular complexity index is 765. The first-order valence-electron chi connectivity index (χ1n) is 7.77. The molecule has 8 heteroatoms. The van der Waals surface area contributed by atoms with Gasteiger partial charge in [-0.25, -0.2) is 4.79 Å². The van der Waals surface area contributed by atoms with E-state index in [1.54, 1.807) is 23.6 Å². The van der Waals surface area contributed by atoms with Crippen molar-refractivity contribution in [1.82, 2.24) is 15.5 Å². The monoisotopic (exact) mass is 374 g/mol. The Kier molecular flexibility index (Phi) is 5.50. The van der Waals surface area contributed by atoms with Crippen molar-refractivity contribution < 1.29 is 9.53 Å². The van der Waals surface area contributed by atoms with Gasteiger partial charge in [-0.1, -0.05) is 24.4 Å². The fraction of sp³-hybridized carbons (Fsp3) is 0.294. The third kappa shape index (κ3) is 4.26. The lowest BCUT2D eigenvalue weighted by Gasteiger charge is -2.13. The number of anilines is 1. The van der Waals surface area contributed by atoms with E-state index in [9.17, 15) is 4.79 Å². The quantitative estimate of drug-likeness (QED) is 0.637. The highest BCUT2D eigenvalue weighted by molar-refractivity contribution is 7.98. The Morgan fingerprint density at radius 1 is 1.32 bits per heavy atom. The maximum atomic E-state index is 12.1. The van der Waals surface area contributed by atoms with E-state index in [2.05, 4.69) is 15.5 Å². The van der Waals surface area contributed by atoms with Gasteiger partial charge in [0.15, 0.2) is 0 Å². The molecular formula is C17H18N4O2S2. The summed E-state index contributed by atoms with van der Waals surface area (Å²) in [5, 5.41) is 12.3. The van der Waals surface area contributed by atoms with Crippen molar-refractivity contribution in [2.75, 3.05) is 24.2 Å². The molecule has 1 fully saturated rings. The van der Waals surface area contributed by atoms with E-state index in [1.807, 2.05) is 42.7 Å². The predicted molar refractivity (Wildman–Crippen MR) is 103 cm³/mol. The predicted octanol–water partition coefficient (Wildman–Crippen LogP) is 3.13. The standard InChI is InChI=1S/C17H18N4O2S2/c1-11(24)18-9-14-10-21(17(22)23-14)13-5-3-12(4-6-13)15-7-8-16(25-2)20-19-15/h3-8,14H,9-10H2,1-2H3,(H,18,24)/t14-/m0/s1. The largest absolute Gasteiger partial charge is 0.442 e. The van der Waals surface area contributed by atoms with Crippen LogP contribution in [-0.4, -0.2) is 46.7 Å². The van der Waals surface area contributed by atoms with Crippen molar-refractivity contribution in [2.24, 2.45) is 0 Å². The summed E-state index contributed by atoms with van der Waals surface area (Å²) in [7, 11) is 0. The van der Waals surface area contributed by atoms with Crippen LogP contribution < -0.4 is 10.2 Å². The first-order chi connectivity index (χ1) is 12.1. The minimum absolute atomic E-state index is 0.213. The average Bonchev–Trinajstić information content (AvgIpc) is 3.01. The van der Waals surface area contributed by atoms with Crippen molar-refractivity contribution in [3.05, 3.63) is 36.4 Å². The van der Waals surface area contributed by atoms with Crippen molar-refractivity contribution in [3.63, 3.8) is 0 Å². The second kappa shape index (κ2) is 7.79. The third-order valence-corrected chi connectivity index (χ3v) is 4.56. The van der Waals surface area contributed by atoms with Crippen molar-refractivity contribution in [3.8, 4) is 11.3 Å². The van der Waals surface area contributed by atoms with Crippen LogP contribution in [0.3, 0.4) is 0 Å². The number of ether oxygens (including phenoxy) is 1. The molecule has 2 aromatic rings. The summed E-state index contributed by atoms with van der Waals surface area (Å²) < 4.78 is 5.36. The van der Waals surface area contributed by atoms with Crippen LogP contribution in [0.5, 0.6) is 0 Å². The number of thioether (sulfide) groups is 1. The Morgan fingerprint density at radius 2 is 2.08 bits per heavy atom. The summed E-state index contributed by atoms with van der Waals surface area (Å²) in [6.45, 7) is 2.82. The number of aromatic nitrogens is 2. The molecule has 0 saturated carbocycles. The molecule has 2 heterocycles. The number of benzene rings is 1. The van der Waals surface area contributed by atoms with Gasteiger partial charge in [-0.2, -0.15) is 0 Å². The van der Waals surface area contributed by atoms with Crippen molar-refractivity contribution in [2.45, 2.75) is 18.1 Å². The number of amides is 1. The summed E-state index contributed by atoms with van der Waals surface area (Å²) >= 11 is 6.53. The number of carbonyl (C=O) groups is 1. The Hall–Kier alpha value is -2.19. The number of carbonyl (C=O) groups excluding carboxylic acids is 1. The Morgan fingerprint density at radius 3 is 2.68 bits per heavy atom. The molecule has 1 aromatic heterocycles. The lowest BCUT2D eigenvalue weighted by Crippen LogP contribution is -2.32. The van der Waals surface area contributed by atoms with Crippen molar-refractivity contribution >= 4 is 40.7 Å². The normalized spacial score (nSPS) is 16.6. The smallest absolute Gasteiger partial charge is 0.414 e. The summed E-state index contributed by atoms with van der Waals surface area (Å²) in [5.74, 6) is 0. The van der Waals surface area contributed by atoms with Gasteiger partial charge in [0.2, 0.25) is 0 Å². The molecule has 1 N–H and O–H groups in total. The molecule has 0 bridgehead atoms. The van der Waals surface area contributed by atoms with Crippen LogP contribution in [-0.2, 0) is 4.74 Å². The van der Waals surface area contributed by atoms with Gasteiger partial charge < -0.3 is 10.1 Å². The van der Waals surface area contributed by atoms with Crippen LogP contribution in [0, 0.1) is 0 Å². The number of nitrogens with one attached hydrogen (secondary N) is 1. The Balaban J connectivity index is 1.69. The SMILES string of the molecule is CSc1ccc(-c2ccc(N3C[C@H](CNC(C)=S)OC3=O)cc2)nn1. The van der Waals surface area contributed by atoms with Gasteiger partial charge in [0.1, 0.15) is 11.1 Å². The zero-order valence-electron chi connectivity index (χ0n) is 13.9. The first-order valence-corrected chi connectivity index (χ1v) is 9.41. The number of hydrogen-bond donors (Lipinski definition) is 1. The van der Waals surface area contributed by atoms with E-state index in [0.717, 1.165) is 22.0 Å². The highest BCUT2D eigenvalue weighted by atomic mass is 32.2. The van der Waals surface area contributed by atoms with Gasteiger partial charge in [-0.3, -0.25) is 4.90 Å². The molecule has 6 nitrogen and oxygen atoms in total. The first kappa shape index (κ1) is 17.6. The van der Waals surface area contributed by atoms with Gasteiger partial charge in [0.25, 0.3) is 0 Å². The summed E-state index contributed by atoms with van der Waals surface area (Å²) in [6, 6.07) is 11.5. The minimum Gasteiger partial charge on any atom is -0.442 e. The molecule has 0 spiro atoms. The minimum atomic E-state index is -0.342. The summed E-state index contributed by atoms with van der Waals surface area (Å²) in [4.78, 5) is 14.4. The second-order valence-corrected chi connectivity index (χ2v) is 7.00. The van der Waals surface area contributed by atoms with E-state index in [4.69, 9.17) is 17.0 Å². The number of cyclic esters (lactones) is 1. The topological polar surface area (TPSA) is 67.3 Å². The molecule has 1 aromatic carbocycles. The molecule has 1 saturated heterocycles. The van der Waals surface area contributed by atoms with E-state index in [1.165, 1.54) is 0 Å². The number of thiocarbonyl (C=S) groups is 1.